The van der Waals surface area contributed by atoms with Crippen LogP contribution in [0.3, 0.4) is 0 Å². The van der Waals surface area contributed by atoms with Gasteiger partial charge in [-0.1, -0.05) is 6.58 Å². The normalized spacial score (nSPS) is 16.8. The Morgan fingerprint density at radius 2 is 1.83 bits per heavy atom. The van der Waals surface area contributed by atoms with Crippen molar-refractivity contribution in [2.45, 2.75) is 38.4 Å². The molecule has 0 bridgehead atoms. The van der Waals surface area contributed by atoms with Crippen molar-refractivity contribution in [3.63, 3.8) is 0 Å². The van der Waals surface area contributed by atoms with Gasteiger partial charge in [0.1, 0.15) is 0 Å². The van der Waals surface area contributed by atoms with Crippen molar-refractivity contribution in [2.24, 2.45) is 0 Å². The van der Waals surface area contributed by atoms with Gasteiger partial charge in [0.15, 0.2) is 5.78 Å². The van der Waals surface area contributed by atoms with Crippen molar-refractivity contribution in [1.82, 2.24) is 0 Å². The molecule has 3 nitrogen and oxygen atoms in total. The molecule has 0 aliphatic heterocycles. The summed E-state index contributed by atoms with van der Waals surface area (Å²) in [6.45, 7) is 7.63. The molecule has 0 aliphatic carbocycles. The van der Waals surface area contributed by atoms with Crippen LogP contribution in [-0.4, -0.2) is 27.2 Å². The van der Waals surface area contributed by atoms with E-state index in [0.717, 1.165) is 6.08 Å². The topological polar surface area (TPSA) is 57.5 Å². The molecule has 0 fully saturated rings. The average molecular weight is 172 g/mol. The van der Waals surface area contributed by atoms with Crippen LogP contribution >= 0.6 is 0 Å². The SMILES string of the molecule is C=CC(=O)CC(C)(O)C(C)(C)O. The molecular weight excluding hydrogens is 156 g/mol. The molecule has 0 saturated heterocycles. The molecule has 2 N–H and O–H groups in total. The van der Waals surface area contributed by atoms with Crippen molar-refractivity contribution in [3.8, 4) is 0 Å². The van der Waals surface area contributed by atoms with Crippen molar-refractivity contribution in [3.05, 3.63) is 12.7 Å². The first-order chi connectivity index (χ1) is 5.20. The number of rotatable bonds is 4. The molecule has 0 aromatic rings. The molecule has 0 spiro atoms. The van der Waals surface area contributed by atoms with Crippen LogP contribution in [0.15, 0.2) is 12.7 Å². The summed E-state index contributed by atoms with van der Waals surface area (Å²) in [6.07, 6.45) is 1.03. The Balaban J connectivity index is 4.43. The highest BCUT2D eigenvalue weighted by atomic mass is 16.4. The zero-order valence-electron chi connectivity index (χ0n) is 7.79. The quantitative estimate of drug-likeness (QED) is 0.612. The van der Waals surface area contributed by atoms with Crippen molar-refractivity contribution < 1.29 is 15.0 Å². The Bertz CT molecular complexity index is 186. The van der Waals surface area contributed by atoms with E-state index in [1.54, 1.807) is 0 Å². The number of carbonyl (C=O) groups is 1. The van der Waals surface area contributed by atoms with Gasteiger partial charge in [0.2, 0.25) is 0 Å². The van der Waals surface area contributed by atoms with E-state index in [2.05, 4.69) is 6.58 Å². The maximum Gasteiger partial charge on any atom is 0.158 e. The third-order valence-corrected chi connectivity index (χ3v) is 2.06. The maximum absolute atomic E-state index is 10.9. The molecule has 0 rings (SSSR count). The van der Waals surface area contributed by atoms with Gasteiger partial charge in [0.25, 0.3) is 0 Å². The molecule has 0 aromatic carbocycles. The van der Waals surface area contributed by atoms with Gasteiger partial charge in [0.05, 0.1) is 11.2 Å². The highest BCUT2D eigenvalue weighted by Gasteiger charge is 2.38. The van der Waals surface area contributed by atoms with E-state index < -0.39 is 11.2 Å². The van der Waals surface area contributed by atoms with Crippen LogP contribution in [-0.2, 0) is 4.79 Å². The largest absolute Gasteiger partial charge is 0.387 e. The number of hydrogen-bond donors (Lipinski definition) is 2. The van der Waals surface area contributed by atoms with E-state index in [-0.39, 0.29) is 12.2 Å². The Morgan fingerprint density at radius 3 is 2.08 bits per heavy atom. The third kappa shape index (κ3) is 2.75. The lowest BCUT2D eigenvalue weighted by Gasteiger charge is -2.34. The van der Waals surface area contributed by atoms with E-state index in [1.165, 1.54) is 20.8 Å². The van der Waals surface area contributed by atoms with Gasteiger partial charge in [-0.3, -0.25) is 4.79 Å². The molecule has 0 saturated carbocycles. The summed E-state index contributed by atoms with van der Waals surface area (Å²) in [4.78, 5) is 10.9. The summed E-state index contributed by atoms with van der Waals surface area (Å²) >= 11 is 0. The zero-order chi connectivity index (χ0) is 9.99. The van der Waals surface area contributed by atoms with Gasteiger partial charge in [-0.15, -0.1) is 0 Å². The second-order valence-corrected chi connectivity index (χ2v) is 3.68. The van der Waals surface area contributed by atoms with Crippen LogP contribution in [0.5, 0.6) is 0 Å². The highest BCUT2D eigenvalue weighted by molar-refractivity contribution is 5.89. The summed E-state index contributed by atoms with van der Waals surface area (Å²) in [5.41, 5.74) is -2.69. The van der Waals surface area contributed by atoms with Crippen LogP contribution < -0.4 is 0 Å². The van der Waals surface area contributed by atoms with Crippen LogP contribution in [0, 0.1) is 0 Å². The Kier molecular flexibility index (Phi) is 3.18. The first-order valence-electron chi connectivity index (χ1n) is 3.81. The monoisotopic (exact) mass is 172 g/mol. The minimum Gasteiger partial charge on any atom is -0.387 e. The van der Waals surface area contributed by atoms with E-state index in [9.17, 15) is 15.0 Å². The van der Waals surface area contributed by atoms with Gasteiger partial charge >= 0.3 is 0 Å². The van der Waals surface area contributed by atoms with E-state index in [1.807, 2.05) is 0 Å². The molecule has 3 heteroatoms. The van der Waals surface area contributed by atoms with Gasteiger partial charge in [-0.25, -0.2) is 0 Å². The van der Waals surface area contributed by atoms with E-state index >= 15 is 0 Å². The smallest absolute Gasteiger partial charge is 0.158 e. The molecule has 0 amide bonds. The molecule has 0 aliphatic rings. The Labute approximate surface area is 72.7 Å². The minimum atomic E-state index is -1.40. The zero-order valence-corrected chi connectivity index (χ0v) is 7.79. The average Bonchev–Trinajstić information content (AvgIpc) is 1.84. The van der Waals surface area contributed by atoms with Crippen molar-refractivity contribution in [2.75, 3.05) is 0 Å². The number of aliphatic hydroxyl groups is 2. The van der Waals surface area contributed by atoms with E-state index in [0.29, 0.717) is 0 Å². The third-order valence-electron chi connectivity index (χ3n) is 2.06. The summed E-state index contributed by atoms with van der Waals surface area (Å²) in [6, 6.07) is 0. The van der Waals surface area contributed by atoms with Crippen LogP contribution in [0.2, 0.25) is 0 Å². The lowest BCUT2D eigenvalue weighted by atomic mass is 9.83. The number of allylic oxidation sites excluding steroid dienone is 1. The molecule has 1 unspecified atom stereocenters. The molecule has 1 atom stereocenters. The number of ketones is 1. The fourth-order valence-corrected chi connectivity index (χ4v) is 0.628. The first kappa shape index (κ1) is 11.3. The minimum absolute atomic E-state index is 0.111. The first-order valence-corrected chi connectivity index (χ1v) is 3.81. The Morgan fingerprint density at radius 1 is 1.42 bits per heavy atom. The summed E-state index contributed by atoms with van der Waals surface area (Å²) in [5, 5.41) is 19.1. The van der Waals surface area contributed by atoms with Crippen LogP contribution in [0.25, 0.3) is 0 Å². The lowest BCUT2D eigenvalue weighted by Crippen LogP contribution is -2.48. The molecular formula is C9H16O3. The van der Waals surface area contributed by atoms with Gasteiger partial charge in [-0.2, -0.15) is 0 Å². The summed E-state index contributed by atoms with van der Waals surface area (Å²) < 4.78 is 0. The fraction of sp³-hybridized carbons (Fsp3) is 0.667. The Hall–Kier alpha value is -0.670. The second-order valence-electron chi connectivity index (χ2n) is 3.68. The summed E-state index contributed by atoms with van der Waals surface area (Å²) in [7, 11) is 0. The summed E-state index contributed by atoms with van der Waals surface area (Å²) in [5.74, 6) is -0.276. The molecule has 70 valence electrons. The molecule has 0 heterocycles. The van der Waals surface area contributed by atoms with Crippen LogP contribution in [0.4, 0.5) is 0 Å². The second kappa shape index (κ2) is 3.37. The standard InChI is InChI=1S/C9H16O3/c1-5-7(10)6-9(4,12)8(2,3)11/h5,11-12H,1,6H2,2-4H3. The number of hydrogen-bond acceptors (Lipinski definition) is 3. The van der Waals surface area contributed by atoms with E-state index in [4.69, 9.17) is 0 Å². The van der Waals surface area contributed by atoms with Crippen LogP contribution in [0.1, 0.15) is 27.2 Å². The molecule has 12 heavy (non-hydrogen) atoms. The number of carbonyl (C=O) groups excluding carboxylic acids is 1. The maximum atomic E-state index is 10.9. The predicted octanol–water partition coefficient (Wildman–Crippen LogP) is 0.653. The van der Waals surface area contributed by atoms with Gasteiger partial charge in [0, 0.05) is 6.42 Å². The fourth-order valence-electron chi connectivity index (χ4n) is 0.628. The molecule has 0 radical (unpaired) electrons. The van der Waals surface area contributed by atoms with Gasteiger partial charge in [-0.05, 0) is 26.8 Å². The molecule has 0 aromatic heterocycles. The lowest BCUT2D eigenvalue weighted by molar-refractivity contribution is -0.140. The van der Waals surface area contributed by atoms with Crippen molar-refractivity contribution in [1.29, 1.82) is 0 Å². The predicted molar refractivity (Wildman–Crippen MR) is 46.7 cm³/mol. The van der Waals surface area contributed by atoms with Gasteiger partial charge < -0.3 is 10.2 Å². The highest BCUT2D eigenvalue weighted by Crippen LogP contribution is 2.24. The van der Waals surface area contributed by atoms with Crippen molar-refractivity contribution >= 4 is 5.78 Å².